The SMILES string of the molecule is O=S(=O)(c1ccc(Cl)c(C(F)(F)F)c1)N1CCc2cc(-c3ccncc3)ccc21. The Bertz CT molecular complexity index is 1180. The van der Waals surface area contributed by atoms with Gasteiger partial charge in [-0.15, -0.1) is 0 Å². The van der Waals surface area contributed by atoms with Crippen LogP contribution in [0.3, 0.4) is 0 Å². The molecule has 150 valence electrons. The van der Waals surface area contributed by atoms with Crippen molar-refractivity contribution in [2.24, 2.45) is 0 Å². The zero-order chi connectivity index (χ0) is 20.8. The Morgan fingerprint density at radius 3 is 2.38 bits per heavy atom. The van der Waals surface area contributed by atoms with Crippen LogP contribution in [0.15, 0.2) is 65.8 Å². The third kappa shape index (κ3) is 3.58. The zero-order valence-electron chi connectivity index (χ0n) is 14.8. The third-order valence-corrected chi connectivity index (χ3v) is 6.92. The van der Waals surface area contributed by atoms with Gasteiger partial charge in [0.1, 0.15) is 0 Å². The van der Waals surface area contributed by atoms with Gasteiger partial charge in [0, 0.05) is 18.9 Å². The van der Waals surface area contributed by atoms with Crippen molar-refractivity contribution in [3.05, 3.63) is 77.1 Å². The van der Waals surface area contributed by atoms with Gasteiger partial charge in [0.05, 0.1) is 21.2 Å². The van der Waals surface area contributed by atoms with E-state index in [2.05, 4.69) is 4.98 Å². The molecule has 4 rings (SSSR count). The molecule has 0 amide bonds. The number of sulfonamides is 1. The lowest BCUT2D eigenvalue weighted by Crippen LogP contribution is -2.29. The first-order chi connectivity index (χ1) is 13.7. The van der Waals surface area contributed by atoms with Crippen molar-refractivity contribution < 1.29 is 21.6 Å². The Kier molecular flexibility index (Phi) is 4.78. The van der Waals surface area contributed by atoms with Crippen LogP contribution in [-0.2, 0) is 22.6 Å². The van der Waals surface area contributed by atoms with E-state index in [1.54, 1.807) is 24.5 Å². The van der Waals surface area contributed by atoms with E-state index in [1.165, 1.54) is 0 Å². The second-order valence-corrected chi connectivity index (χ2v) is 8.82. The number of rotatable bonds is 3. The summed E-state index contributed by atoms with van der Waals surface area (Å²) < 4.78 is 66.7. The fourth-order valence-corrected chi connectivity index (χ4v) is 5.11. The van der Waals surface area contributed by atoms with Crippen LogP contribution < -0.4 is 4.31 Å². The Morgan fingerprint density at radius 1 is 0.966 bits per heavy atom. The maximum Gasteiger partial charge on any atom is 0.417 e. The van der Waals surface area contributed by atoms with Crippen molar-refractivity contribution in [2.75, 3.05) is 10.8 Å². The molecule has 0 fully saturated rings. The molecule has 0 saturated carbocycles. The number of fused-ring (bicyclic) bond motifs is 1. The van der Waals surface area contributed by atoms with Gasteiger partial charge in [0.15, 0.2) is 0 Å². The Balaban J connectivity index is 1.73. The number of pyridine rings is 1. The highest BCUT2D eigenvalue weighted by Crippen LogP contribution is 2.39. The monoisotopic (exact) mass is 438 g/mol. The summed E-state index contributed by atoms with van der Waals surface area (Å²) in [5.41, 5.74) is 1.96. The molecule has 0 N–H and O–H groups in total. The lowest BCUT2D eigenvalue weighted by Gasteiger charge is -2.21. The lowest BCUT2D eigenvalue weighted by atomic mass is 10.0. The number of hydrogen-bond donors (Lipinski definition) is 0. The van der Waals surface area contributed by atoms with Gasteiger partial charge in [0.25, 0.3) is 10.0 Å². The molecule has 9 heteroatoms. The van der Waals surface area contributed by atoms with Crippen molar-refractivity contribution in [1.82, 2.24) is 4.98 Å². The van der Waals surface area contributed by atoms with Gasteiger partial charge in [-0.05, 0) is 65.6 Å². The van der Waals surface area contributed by atoms with E-state index in [-0.39, 0.29) is 6.54 Å². The summed E-state index contributed by atoms with van der Waals surface area (Å²) in [5.74, 6) is 0. The number of benzene rings is 2. The second kappa shape index (κ2) is 7.03. The first-order valence-corrected chi connectivity index (χ1v) is 10.4. The fourth-order valence-electron chi connectivity index (χ4n) is 3.35. The van der Waals surface area contributed by atoms with Gasteiger partial charge in [-0.3, -0.25) is 9.29 Å². The van der Waals surface area contributed by atoms with Crippen molar-refractivity contribution in [2.45, 2.75) is 17.5 Å². The van der Waals surface area contributed by atoms with Crippen LogP contribution >= 0.6 is 11.6 Å². The van der Waals surface area contributed by atoms with Crippen LogP contribution in [0, 0.1) is 0 Å². The van der Waals surface area contributed by atoms with Gasteiger partial charge in [-0.2, -0.15) is 13.2 Å². The summed E-state index contributed by atoms with van der Waals surface area (Å²) in [5, 5.41) is -0.541. The Hall–Kier alpha value is -2.58. The van der Waals surface area contributed by atoms with Gasteiger partial charge < -0.3 is 0 Å². The maximum absolute atomic E-state index is 13.1. The molecule has 0 unspecified atom stereocenters. The highest BCUT2D eigenvalue weighted by Gasteiger charge is 2.37. The molecule has 3 aromatic rings. The summed E-state index contributed by atoms with van der Waals surface area (Å²) in [6.45, 7) is 0.154. The zero-order valence-corrected chi connectivity index (χ0v) is 16.4. The highest BCUT2D eigenvalue weighted by atomic mass is 35.5. The molecule has 0 atom stereocenters. The standard InChI is InChI=1S/C20H14ClF3N2O2S/c21-18-3-2-16(12-17(18)20(22,23)24)29(27,28)26-10-7-15-11-14(1-4-19(15)26)13-5-8-25-9-6-13/h1-6,8-9,11-12H,7,10H2. The van der Waals surface area contributed by atoms with Crippen molar-refractivity contribution in [1.29, 1.82) is 0 Å². The molecular formula is C20H14ClF3N2O2S. The molecule has 2 heterocycles. The largest absolute Gasteiger partial charge is 0.417 e. The smallest absolute Gasteiger partial charge is 0.266 e. The average Bonchev–Trinajstić information content (AvgIpc) is 3.12. The molecule has 1 aliphatic heterocycles. The molecule has 1 aromatic heterocycles. The first-order valence-electron chi connectivity index (χ1n) is 8.61. The fraction of sp³-hybridized carbons (Fsp3) is 0.150. The predicted molar refractivity (Wildman–Crippen MR) is 104 cm³/mol. The van der Waals surface area contributed by atoms with Crippen molar-refractivity contribution >= 4 is 27.3 Å². The average molecular weight is 439 g/mol. The van der Waals surface area contributed by atoms with E-state index in [0.717, 1.165) is 33.1 Å². The summed E-state index contributed by atoms with van der Waals surface area (Å²) in [6, 6.07) is 11.7. The van der Waals surface area contributed by atoms with Crippen LogP contribution in [0.25, 0.3) is 11.1 Å². The van der Waals surface area contributed by atoms with E-state index in [1.807, 2.05) is 18.2 Å². The molecular weight excluding hydrogens is 425 g/mol. The number of alkyl halides is 3. The van der Waals surface area contributed by atoms with Crippen LogP contribution in [-0.4, -0.2) is 19.9 Å². The molecule has 2 aromatic carbocycles. The van der Waals surface area contributed by atoms with Crippen LogP contribution in [0.4, 0.5) is 18.9 Å². The van der Waals surface area contributed by atoms with Crippen LogP contribution in [0.5, 0.6) is 0 Å². The van der Waals surface area contributed by atoms with E-state index in [4.69, 9.17) is 11.6 Å². The predicted octanol–water partition coefficient (Wildman–Crippen LogP) is 5.17. The lowest BCUT2D eigenvalue weighted by molar-refractivity contribution is -0.137. The third-order valence-electron chi connectivity index (χ3n) is 4.78. The molecule has 0 aliphatic carbocycles. The summed E-state index contributed by atoms with van der Waals surface area (Å²) in [4.78, 5) is 3.53. The van der Waals surface area contributed by atoms with E-state index >= 15 is 0 Å². The molecule has 4 nitrogen and oxygen atoms in total. The summed E-state index contributed by atoms with van der Waals surface area (Å²) in [7, 11) is -4.16. The number of halogens is 4. The normalized spacial score (nSPS) is 14.1. The van der Waals surface area contributed by atoms with Crippen molar-refractivity contribution in [3.8, 4) is 11.1 Å². The van der Waals surface area contributed by atoms with E-state index in [9.17, 15) is 21.6 Å². The summed E-state index contributed by atoms with van der Waals surface area (Å²) in [6.07, 6.45) is -0.950. The molecule has 0 bridgehead atoms. The minimum Gasteiger partial charge on any atom is -0.266 e. The van der Waals surface area contributed by atoms with E-state index < -0.39 is 31.7 Å². The van der Waals surface area contributed by atoms with Gasteiger partial charge in [0.2, 0.25) is 0 Å². The quantitative estimate of drug-likeness (QED) is 0.566. The highest BCUT2D eigenvalue weighted by molar-refractivity contribution is 7.92. The van der Waals surface area contributed by atoms with Crippen molar-refractivity contribution in [3.63, 3.8) is 0 Å². The van der Waals surface area contributed by atoms with Gasteiger partial charge >= 0.3 is 6.18 Å². The number of aromatic nitrogens is 1. The second-order valence-electron chi connectivity index (χ2n) is 6.55. The maximum atomic E-state index is 13.1. The molecule has 0 spiro atoms. The molecule has 29 heavy (non-hydrogen) atoms. The topological polar surface area (TPSA) is 50.3 Å². The molecule has 0 saturated heterocycles. The van der Waals surface area contributed by atoms with Gasteiger partial charge in [-0.1, -0.05) is 17.7 Å². The Labute approximate surface area is 170 Å². The van der Waals surface area contributed by atoms with Crippen LogP contribution in [0.2, 0.25) is 5.02 Å². The first kappa shape index (κ1) is 19.7. The summed E-state index contributed by atoms with van der Waals surface area (Å²) >= 11 is 5.61. The number of hydrogen-bond acceptors (Lipinski definition) is 3. The minimum atomic E-state index is -4.75. The van der Waals surface area contributed by atoms with Gasteiger partial charge in [-0.25, -0.2) is 8.42 Å². The Morgan fingerprint density at radius 2 is 1.69 bits per heavy atom. The molecule has 0 radical (unpaired) electrons. The van der Waals surface area contributed by atoms with Crippen LogP contribution in [0.1, 0.15) is 11.1 Å². The number of anilines is 1. The minimum absolute atomic E-state index is 0.154. The molecule has 1 aliphatic rings. The number of nitrogens with zero attached hydrogens (tertiary/aromatic N) is 2. The van der Waals surface area contributed by atoms with E-state index in [0.29, 0.717) is 18.2 Å².